The standard InChI is InChI=1S/C24H27NOS/c1-6-8-18-23-16(22-19(26-18)9-7-10-20(22)27-5)11-12-17-21(23)15(2)13-24(3,4)14-25-17/h6-7,9-13,18,25H,1,8,14H2,2-5H3. The van der Waals surface area contributed by atoms with Crippen LogP contribution in [0.25, 0.3) is 16.7 Å². The highest BCUT2D eigenvalue weighted by atomic mass is 32.2. The lowest BCUT2D eigenvalue weighted by molar-refractivity contribution is 0.205. The lowest BCUT2D eigenvalue weighted by atomic mass is 9.83. The first-order chi connectivity index (χ1) is 12.9. The molecule has 2 nitrogen and oxygen atoms in total. The van der Waals surface area contributed by atoms with Gasteiger partial charge in [0.25, 0.3) is 0 Å². The third kappa shape index (κ3) is 3.08. The van der Waals surface area contributed by atoms with Gasteiger partial charge in [0.05, 0.1) is 0 Å². The summed E-state index contributed by atoms with van der Waals surface area (Å²) in [6.45, 7) is 11.7. The number of benzene rings is 2. The summed E-state index contributed by atoms with van der Waals surface area (Å²) in [5.41, 5.74) is 7.74. The van der Waals surface area contributed by atoms with E-state index >= 15 is 0 Å². The van der Waals surface area contributed by atoms with Gasteiger partial charge in [-0.2, -0.15) is 0 Å². The maximum Gasteiger partial charge on any atom is 0.129 e. The number of allylic oxidation sites excluding steroid dienone is 1. The van der Waals surface area contributed by atoms with Crippen LogP contribution in [0.5, 0.6) is 5.75 Å². The van der Waals surface area contributed by atoms with Crippen LogP contribution in [0.4, 0.5) is 5.69 Å². The van der Waals surface area contributed by atoms with Crippen LogP contribution in [0, 0.1) is 5.41 Å². The van der Waals surface area contributed by atoms with E-state index in [1.807, 2.05) is 6.08 Å². The van der Waals surface area contributed by atoms with Crippen molar-refractivity contribution in [2.75, 3.05) is 18.1 Å². The van der Waals surface area contributed by atoms with Gasteiger partial charge in [0, 0.05) is 45.7 Å². The molecule has 0 aliphatic carbocycles. The van der Waals surface area contributed by atoms with Crippen LogP contribution in [0.15, 0.2) is 54.0 Å². The van der Waals surface area contributed by atoms with Crippen molar-refractivity contribution in [2.24, 2.45) is 5.41 Å². The van der Waals surface area contributed by atoms with E-state index < -0.39 is 0 Å². The van der Waals surface area contributed by atoms with Crippen molar-refractivity contribution in [3.05, 3.63) is 60.2 Å². The first-order valence-corrected chi connectivity index (χ1v) is 10.7. The van der Waals surface area contributed by atoms with E-state index in [4.69, 9.17) is 4.74 Å². The molecule has 0 bridgehead atoms. The zero-order valence-corrected chi connectivity index (χ0v) is 17.4. The van der Waals surface area contributed by atoms with E-state index in [1.54, 1.807) is 11.8 Å². The maximum absolute atomic E-state index is 6.51. The normalized spacial score (nSPS) is 19.4. The van der Waals surface area contributed by atoms with Crippen LogP contribution in [0.2, 0.25) is 0 Å². The highest BCUT2D eigenvalue weighted by Gasteiger charge is 2.32. The second-order valence-corrected chi connectivity index (χ2v) is 8.93. The van der Waals surface area contributed by atoms with Gasteiger partial charge in [-0.1, -0.05) is 38.1 Å². The highest BCUT2D eigenvalue weighted by Crippen LogP contribution is 2.51. The Hall–Kier alpha value is -2.13. The van der Waals surface area contributed by atoms with Gasteiger partial charge in [0.2, 0.25) is 0 Å². The molecule has 2 heterocycles. The van der Waals surface area contributed by atoms with Crippen molar-refractivity contribution in [2.45, 2.75) is 38.2 Å². The van der Waals surface area contributed by atoms with Crippen LogP contribution in [-0.2, 0) is 0 Å². The van der Waals surface area contributed by atoms with Crippen LogP contribution in [0.1, 0.15) is 44.4 Å². The van der Waals surface area contributed by atoms with E-state index in [1.165, 1.54) is 38.4 Å². The summed E-state index contributed by atoms with van der Waals surface area (Å²) < 4.78 is 6.51. The Morgan fingerprint density at radius 2 is 2.07 bits per heavy atom. The summed E-state index contributed by atoms with van der Waals surface area (Å²) in [5, 5.41) is 3.67. The molecular formula is C24H27NOS. The molecule has 4 rings (SSSR count). The minimum Gasteiger partial charge on any atom is -0.485 e. The third-order valence-corrected chi connectivity index (χ3v) is 6.21. The summed E-state index contributed by atoms with van der Waals surface area (Å²) in [7, 11) is 0. The van der Waals surface area contributed by atoms with Crippen molar-refractivity contribution in [3.63, 3.8) is 0 Å². The second-order valence-electron chi connectivity index (χ2n) is 8.08. The first-order valence-electron chi connectivity index (χ1n) is 9.50. The van der Waals surface area contributed by atoms with Crippen molar-refractivity contribution < 1.29 is 4.74 Å². The van der Waals surface area contributed by atoms with Crippen LogP contribution >= 0.6 is 11.8 Å². The molecule has 2 aromatic carbocycles. The molecule has 1 unspecified atom stereocenters. The van der Waals surface area contributed by atoms with Crippen molar-refractivity contribution in [1.82, 2.24) is 0 Å². The Morgan fingerprint density at radius 3 is 2.81 bits per heavy atom. The monoisotopic (exact) mass is 377 g/mol. The fourth-order valence-corrected chi connectivity index (χ4v) is 4.98. The lowest BCUT2D eigenvalue weighted by Crippen LogP contribution is -2.20. The Kier molecular flexibility index (Phi) is 4.59. The largest absolute Gasteiger partial charge is 0.485 e. The molecule has 1 N–H and O–H groups in total. The van der Waals surface area contributed by atoms with Gasteiger partial charge in [-0.15, -0.1) is 18.3 Å². The number of ether oxygens (including phenoxy) is 1. The molecule has 140 valence electrons. The number of rotatable bonds is 3. The average molecular weight is 378 g/mol. The number of hydrogen-bond donors (Lipinski definition) is 1. The minimum absolute atomic E-state index is 0.0107. The van der Waals surface area contributed by atoms with Gasteiger partial charge in [-0.25, -0.2) is 0 Å². The molecule has 27 heavy (non-hydrogen) atoms. The van der Waals surface area contributed by atoms with Gasteiger partial charge in [0.15, 0.2) is 0 Å². The van der Waals surface area contributed by atoms with E-state index in [-0.39, 0.29) is 11.5 Å². The summed E-state index contributed by atoms with van der Waals surface area (Å²) in [6, 6.07) is 10.9. The topological polar surface area (TPSA) is 21.3 Å². The molecule has 0 amide bonds. The van der Waals surface area contributed by atoms with Gasteiger partial charge >= 0.3 is 0 Å². The minimum atomic E-state index is -0.0107. The average Bonchev–Trinajstić information content (AvgIpc) is 2.76. The molecular weight excluding hydrogens is 350 g/mol. The Balaban J connectivity index is 2.03. The number of fused-ring (bicyclic) bond motifs is 5. The smallest absolute Gasteiger partial charge is 0.129 e. The van der Waals surface area contributed by atoms with E-state index in [0.29, 0.717) is 0 Å². The van der Waals surface area contributed by atoms with Gasteiger partial charge in [-0.3, -0.25) is 0 Å². The molecule has 0 fully saturated rings. The van der Waals surface area contributed by atoms with Gasteiger partial charge in [-0.05, 0) is 42.5 Å². The van der Waals surface area contributed by atoms with Crippen LogP contribution in [-0.4, -0.2) is 12.8 Å². The highest BCUT2D eigenvalue weighted by molar-refractivity contribution is 7.98. The molecule has 2 aliphatic rings. The molecule has 2 aromatic rings. The number of anilines is 1. The fraction of sp³-hybridized carbons (Fsp3) is 0.333. The fourth-order valence-electron chi connectivity index (χ4n) is 4.35. The number of thioether (sulfide) groups is 1. The first kappa shape index (κ1) is 18.2. The molecule has 0 saturated carbocycles. The molecule has 0 spiro atoms. The van der Waals surface area contributed by atoms with E-state index in [2.05, 4.69) is 75.3 Å². The third-order valence-electron chi connectivity index (χ3n) is 5.43. The molecule has 0 aromatic heterocycles. The van der Waals surface area contributed by atoms with Crippen molar-refractivity contribution >= 4 is 23.0 Å². The summed E-state index contributed by atoms with van der Waals surface area (Å²) in [4.78, 5) is 1.26. The summed E-state index contributed by atoms with van der Waals surface area (Å²) >= 11 is 1.77. The Labute approximate surface area is 166 Å². The quantitative estimate of drug-likeness (QED) is 0.462. The molecule has 3 heteroatoms. The zero-order chi connectivity index (χ0) is 19.2. The van der Waals surface area contributed by atoms with Crippen LogP contribution in [0.3, 0.4) is 0 Å². The molecule has 0 radical (unpaired) electrons. The molecule has 1 atom stereocenters. The second kappa shape index (κ2) is 6.79. The molecule has 2 aliphatic heterocycles. The van der Waals surface area contributed by atoms with Crippen LogP contribution < -0.4 is 10.1 Å². The summed E-state index contributed by atoms with van der Waals surface area (Å²) in [6.07, 6.45) is 7.27. The number of nitrogens with one attached hydrogen (secondary N) is 1. The van der Waals surface area contributed by atoms with Crippen molar-refractivity contribution in [1.29, 1.82) is 0 Å². The van der Waals surface area contributed by atoms with Gasteiger partial charge < -0.3 is 10.1 Å². The predicted molar refractivity (Wildman–Crippen MR) is 118 cm³/mol. The lowest BCUT2D eigenvalue weighted by Gasteiger charge is -2.32. The SMILES string of the molecule is C=CCC1Oc2cccc(SC)c2-c2ccc3c(c21)C(C)=CC(C)(C)CN3. The number of hydrogen-bond acceptors (Lipinski definition) is 3. The van der Waals surface area contributed by atoms with Gasteiger partial charge in [0.1, 0.15) is 11.9 Å². The Morgan fingerprint density at radius 1 is 1.26 bits per heavy atom. The Bertz CT molecular complexity index is 942. The summed E-state index contributed by atoms with van der Waals surface area (Å²) in [5.74, 6) is 0.977. The molecule has 0 saturated heterocycles. The van der Waals surface area contributed by atoms with Crippen molar-refractivity contribution in [3.8, 4) is 16.9 Å². The predicted octanol–water partition coefficient (Wildman–Crippen LogP) is 6.94. The van der Waals surface area contributed by atoms with E-state index in [9.17, 15) is 0 Å². The zero-order valence-electron chi connectivity index (χ0n) is 16.6. The maximum atomic E-state index is 6.51. The van der Waals surface area contributed by atoms with E-state index in [0.717, 1.165) is 18.7 Å².